The number of furan rings is 1. The topological polar surface area (TPSA) is 34.4 Å². The highest BCUT2D eigenvalue weighted by atomic mass is 16.5. The van der Waals surface area contributed by atoms with Gasteiger partial charge < -0.3 is 14.5 Å². The summed E-state index contributed by atoms with van der Waals surface area (Å²) in [6.07, 6.45) is 1.25. The summed E-state index contributed by atoms with van der Waals surface area (Å²) in [5.41, 5.74) is 1.19. The van der Waals surface area contributed by atoms with Crippen LogP contribution < -0.4 is 5.32 Å². The van der Waals surface area contributed by atoms with E-state index in [2.05, 4.69) is 11.4 Å². The molecule has 1 unspecified atom stereocenters. The molecule has 1 aromatic rings. The first kappa shape index (κ1) is 9.74. The zero-order chi connectivity index (χ0) is 9.97. The SMILES string of the molecule is Cc1cc(C2CNCCCO2)c(C)o1. The van der Waals surface area contributed by atoms with Gasteiger partial charge in [-0.25, -0.2) is 0 Å². The number of aryl methyl sites for hydroxylation is 2. The number of hydrogen-bond donors (Lipinski definition) is 1. The Morgan fingerprint density at radius 1 is 1.43 bits per heavy atom. The fourth-order valence-electron chi connectivity index (χ4n) is 1.88. The van der Waals surface area contributed by atoms with Gasteiger partial charge in [-0.2, -0.15) is 0 Å². The van der Waals surface area contributed by atoms with E-state index in [1.165, 1.54) is 5.56 Å². The number of rotatable bonds is 1. The molecule has 0 spiro atoms. The highest BCUT2D eigenvalue weighted by Gasteiger charge is 2.19. The van der Waals surface area contributed by atoms with E-state index in [0.29, 0.717) is 0 Å². The molecule has 2 heterocycles. The molecule has 0 radical (unpaired) electrons. The molecule has 1 aliphatic rings. The van der Waals surface area contributed by atoms with Gasteiger partial charge in [-0.15, -0.1) is 0 Å². The largest absolute Gasteiger partial charge is 0.466 e. The zero-order valence-electron chi connectivity index (χ0n) is 8.80. The van der Waals surface area contributed by atoms with Crippen molar-refractivity contribution in [2.45, 2.75) is 26.4 Å². The number of hydrogen-bond acceptors (Lipinski definition) is 3. The third-order valence-electron chi connectivity index (χ3n) is 2.57. The van der Waals surface area contributed by atoms with Crippen molar-refractivity contribution in [3.05, 3.63) is 23.2 Å². The number of nitrogens with one attached hydrogen (secondary N) is 1. The van der Waals surface area contributed by atoms with E-state index in [-0.39, 0.29) is 6.10 Å². The van der Waals surface area contributed by atoms with Gasteiger partial charge in [-0.3, -0.25) is 0 Å². The van der Waals surface area contributed by atoms with Gasteiger partial charge in [0.1, 0.15) is 11.5 Å². The van der Waals surface area contributed by atoms with Gasteiger partial charge in [0.2, 0.25) is 0 Å². The van der Waals surface area contributed by atoms with Crippen molar-refractivity contribution in [3.63, 3.8) is 0 Å². The van der Waals surface area contributed by atoms with Crippen LogP contribution in [0.5, 0.6) is 0 Å². The van der Waals surface area contributed by atoms with E-state index < -0.39 is 0 Å². The van der Waals surface area contributed by atoms with Crippen LogP contribution in [0.15, 0.2) is 10.5 Å². The summed E-state index contributed by atoms with van der Waals surface area (Å²) in [5, 5.41) is 3.37. The Labute approximate surface area is 84.4 Å². The fourth-order valence-corrected chi connectivity index (χ4v) is 1.88. The van der Waals surface area contributed by atoms with Crippen LogP contribution in [-0.2, 0) is 4.74 Å². The van der Waals surface area contributed by atoms with Crippen molar-refractivity contribution in [2.75, 3.05) is 19.7 Å². The second-order valence-electron chi connectivity index (χ2n) is 3.79. The molecule has 0 bridgehead atoms. The summed E-state index contributed by atoms with van der Waals surface area (Å²) in [4.78, 5) is 0. The molecule has 0 aromatic carbocycles. The van der Waals surface area contributed by atoms with Crippen LogP contribution in [0, 0.1) is 13.8 Å². The maximum Gasteiger partial charge on any atom is 0.106 e. The molecular formula is C11H17NO2. The predicted molar refractivity (Wildman–Crippen MR) is 54.4 cm³/mol. The zero-order valence-corrected chi connectivity index (χ0v) is 8.80. The smallest absolute Gasteiger partial charge is 0.106 e. The van der Waals surface area contributed by atoms with Gasteiger partial charge in [0.05, 0.1) is 6.10 Å². The molecule has 1 fully saturated rings. The summed E-state index contributed by atoms with van der Waals surface area (Å²) < 4.78 is 11.3. The Morgan fingerprint density at radius 3 is 3.00 bits per heavy atom. The molecule has 2 rings (SSSR count). The lowest BCUT2D eigenvalue weighted by Crippen LogP contribution is -2.20. The summed E-state index contributed by atoms with van der Waals surface area (Å²) >= 11 is 0. The minimum Gasteiger partial charge on any atom is -0.466 e. The van der Waals surface area contributed by atoms with E-state index in [9.17, 15) is 0 Å². The van der Waals surface area contributed by atoms with E-state index in [4.69, 9.17) is 9.15 Å². The van der Waals surface area contributed by atoms with Gasteiger partial charge in [-0.05, 0) is 32.9 Å². The lowest BCUT2D eigenvalue weighted by atomic mass is 10.1. The van der Waals surface area contributed by atoms with Crippen molar-refractivity contribution in [1.29, 1.82) is 0 Å². The molecule has 1 atom stereocenters. The van der Waals surface area contributed by atoms with Crippen molar-refractivity contribution < 1.29 is 9.15 Å². The Kier molecular flexibility index (Phi) is 2.89. The molecule has 1 N–H and O–H groups in total. The minimum absolute atomic E-state index is 0.162. The van der Waals surface area contributed by atoms with Crippen LogP contribution in [0.2, 0.25) is 0 Å². The first-order valence-electron chi connectivity index (χ1n) is 5.16. The molecule has 0 aliphatic carbocycles. The van der Waals surface area contributed by atoms with Gasteiger partial charge in [-0.1, -0.05) is 0 Å². The molecule has 14 heavy (non-hydrogen) atoms. The summed E-state index contributed by atoms with van der Waals surface area (Å²) in [6.45, 7) is 6.74. The van der Waals surface area contributed by atoms with Crippen molar-refractivity contribution in [2.24, 2.45) is 0 Å². The molecule has 1 aromatic heterocycles. The van der Waals surface area contributed by atoms with E-state index in [1.54, 1.807) is 0 Å². The highest BCUT2D eigenvalue weighted by molar-refractivity contribution is 5.23. The Morgan fingerprint density at radius 2 is 2.29 bits per heavy atom. The van der Waals surface area contributed by atoms with Gasteiger partial charge >= 0.3 is 0 Å². The van der Waals surface area contributed by atoms with Crippen LogP contribution in [0.25, 0.3) is 0 Å². The molecule has 3 heteroatoms. The van der Waals surface area contributed by atoms with Crippen LogP contribution in [0.1, 0.15) is 29.6 Å². The number of ether oxygens (including phenoxy) is 1. The molecule has 78 valence electrons. The quantitative estimate of drug-likeness (QED) is 0.743. The molecule has 0 saturated carbocycles. The van der Waals surface area contributed by atoms with Crippen LogP contribution >= 0.6 is 0 Å². The fraction of sp³-hybridized carbons (Fsp3) is 0.636. The summed E-state index contributed by atoms with van der Waals surface area (Å²) in [7, 11) is 0. The van der Waals surface area contributed by atoms with E-state index >= 15 is 0 Å². The van der Waals surface area contributed by atoms with E-state index in [0.717, 1.165) is 37.6 Å². The maximum atomic E-state index is 5.76. The minimum atomic E-state index is 0.162. The molecule has 1 aliphatic heterocycles. The normalized spacial score (nSPS) is 23.4. The van der Waals surface area contributed by atoms with Crippen molar-refractivity contribution in [1.82, 2.24) is 5.32 Å². The molecule has 0 amide bonds. The predicted octanol–water partition coefficient (Wildman–Crippen LogP) is 1.95. The van der Waals surface area contributed by atoms with Crippen LogP contribution in [0.3, 0.4) is 0 Å². The molecule has 3 nitrogen and oxygen atoms in total. The lowest BCUT2D eigenvalue weighted by Gasteiger charge is -2.13. The summed E-state index contributed by atoms with van der Waals surface area (Å²) in [5.74, 6) is 1.95. The standard InChI is InChI=1S/C11H17NO2/c1-8-6-10(9(2)14-8)11-7-12-4-3-5-13-11/h6,11-12H,3-5,7H2,1-2H3. The van der Waals surface area contributed by atoms with Crippen LogP contribution in [0.4, 0.5) is 0 Å². The molecule has 1 saturated heterocycles. The maximum absolute atomic E-state index is 5.76. The first-order valence-corrected chi connectivity index (χ1v) is 5.16. The Hall–Kier alpha value is -0.800. The van der Waals surface area contributed by atoms with Gasteiger partial charge in [0, 0.05) is 18.7 Å². The summed E-state index contributed by atoms with van der Waals surface area (Å²) in [6, 6.07) is 2.08. The van der Waals surface area contributed by atoms with Gasteiger partial charge in [0.25, 0.3) is 0 Å². The van der Waals surface area contributed by atoms with Crippen molar-refractivity contribution in [3.8, 4) is 0 Å². The average Bonchev–Trinajstić information content (AvgIpc) is 2.43. The third-order valence-corrected chi connectivity index (χ3v) is 2.57. The van der Waals surface area contributed by atoms with Crippen LogP contribution in [-0.4, -0.2) is 19.7 Å². The van der Waals surface area contributed by atoms with Gasteiger partial charge in [0.15, 0.2) is 0 Å². The average molecular weight is 195 g/mol. The Balaban J connectivity index is 2.15. The highest BCUT2D eigenvalue weighted by Crippen LogP contribution is 2.24. The lowest BCUT2D eigenvalue weighted by molar-refractivity contribution is 0.0659. The Bertz CT molecular complexity index is 298. The third kappa shape index (κ3) is 1.99. The second-order valence-corrected chi connectivity index (χ2v) is 3.79. The second kappa shape index (κ2) is 4.15. The first-order chi connectivity index (χ1) is 6.77. The van der Waals surface area contributed by atoms with Crippen molar-refractivity contribution >= 4 is 0 Å². The van der Waals surface area contributed by atoms with E-state index in [1.807, 2.05) is 13.8 Å². The monoisotopic (exact) mass is 195 g/mol. The molecular weight excluding hydrogens is 178 g/mol.